The number of morpholine rings is 1. The average Bonchev–Trinajstić information content (AvgIpc) is 3.04. The molecule has 1 aliphatic rings. The lowest BCUT2D eigenvalue weighted by atomic mass is 10.1. The molecular weight excluding hydrogens is 447 g/mol. The highest BCUT2D eigenvalue weighted by Crippen LogP contribution is 2.30. The number of benzene rings is 1. The predicted octanol–water partition coefficient (Wildman–Crippen LogP) is 3.45. The largest absolute Gasteiger partial charge is 0.454 e. The number of aryl methyl sites for hydroxylation is 1. The molecule has 33 heavy (non-hydrogen) atoms. The molecule has 0 radical (unpaired) electrons. The molecule has 2 heterocycles. The number of anilines is 1. The van der Waals surface area contributed by atoms with Crippen LogP contribution < -0.4 is 4.90 Å². The number of ketones is 1. The summed E-state index contributed by atoms with van der Waals surface area (Å²) in [6.07, 6.45) is -4.45. The van der Waals surface area contributed by atoms with Crippen molar-refractivity contribution in [1.29, 1.82) is 0 Å². The maximum absolute atomic E-state index is 12.8. The molecule has 12 heteroatoms. The van der Waals surface area contributed by atoms with Gasteiger partial charge in [0.05, 0.1) is 23.7 Å². The van der Waals surface area contributed by atoms with Crippen LogP contribution in [0.5, 0.6) is 0 Å². The maximum atomic E-state index is 12.8. The van der Waals surface area contributed by atoms with Crippen LogP contribution in [0.2, 0.25) is 0 Å². The Morgan fingerprint density at radius 2 is 1.85 bits per heavy atom. The number of hydrogen-bond donors (Lipinski definition) is 0. The highest BCUT2D eigenvalue weighted by Gasteiger charge is 2.30. The van der Waals surface area contributed by atoms with Crippen LogP contribution in [0.25, 0.3) is 0 Å². The van der Waals surface area contributed by atoms with Gasteiger partial charge in [-0.2, -0.15) is 13.2 Å². The predicted molar refractivity (Wildman–Crippen MR) is 111 cm³/mol. The van der Waals surface area contributed by atoms with Crippen molar-refractivity contribution in [3.8, 4) is 0 Å². The van der Waals surface area contributed by atoms with E-state index in [9.17, 15) is 32.9 Å². The van der Waals surface area contributed by atoms with E-state index in [1.807, 2.05) is 0 Å². The molecule has 0 atom stereocenters. The first-order valence-corrected chi connectivity index (χ1v) is 10.0. The Kier molecular flexibility index (Phi) is 7.06. The maximum Gasteiger partial charge on any atom is 0.406 e. The van der Waals surface area contributed by atoms with E-state index in [2.05, 4.69) is 0 Å². The summed E-state index contributed by atoms with van der Waals surface area (Å²) in [5.74, 6) is -1.63. The van der Waals surface area contributed by atoms with Gasteiger partial charge in [-0.25, -0.2) is 4.79 Å². The van der Waals surface area contributed by atoms with Crippen LogP contribution in [0, 0.1) is 24.0 Å². The molecule has 0 unspecified atom stereocenters. The number of rotatable bonds is 7. The summed E-state index contributed by atoms with van der Waals surface area (Å²) in [4.78, 5) is 37.6. The van der Waals surface area contributed by atoms with E-state index in [4.69, 9.17) is 9.47 Å². The molecule has 3 rings (SSSR count). The first-order chi connectivity index (χ1) is 15.5. The number of ether oxygens (including phenoxy) is 2. The van der Waals surface area contributed by atoms with Crippen molar-refractivity contribution in [2.45, 2.75) is 26.6 Å². The molecule has 0 amide bonds. The molecule has 0 saturated carbocycles. The third kappa shape index (κ3) is 5.69. The summed E-state index contributed by atoms with van der Waals surface area (Å²) < 4.78 is 49.5. The van der Waals surface area contributed by atoms with E-state index in [0.717, 1.165) is 10.6 Å². The zero-order chi connectivity index (χ0) is 24.3. The van der Waals surface area contributed by atoms with Gasteiger partial charge in [0.1, 0.15) is 12.2 Å². The summed E-state index contributed by atoms with van der Waals surface area (Å²) >= 11 is 0. The molecule has 0 bridgehead atoms. The summed E-state index contributed by atoms with van der Waals surface area (Å²) in [6.45, 7) is 2.64. The van der Waals surface area contributed by atoms with Crippen LogP contribution >= 0.6 is 0 Å². The minimum absolute atomic E-state index is 0.0122. The summed E-state index contributed by atoms with van der Waals surface area (Å²) in [5.41, 5.74) is 0.304. The Bertz CT molecular complexity index is 1070. The molecule has 1 aliphatic heterocycles. The molecule has 0 N–H and O–H groups in total. The molecule has 1 aromatic heterocycles. The lowest BCUT2D eigenvalue weighted by Gasteiger charge is -2.28. The van der Waals surface area contributed by atoms with Gasteiger partial charge in [0.25, 0.3) is 5.69 Å². The van der Waals surface area contributed by atoms with Crippen LogP contribution in [0.3, 0.4) is 0 Å². The zero-order valence-electron chi connectivity index (χ0n) is 18.0. The van der Waals surface area contributed by atoms with E-state index in [1.165, 1.54) is 32.0 Å². The quantitative estimate of drug-likeness (QED) is 0.265. The van der Waals surface area contributed by atoms with Crippen molar-refractivity contribution >= 4 is 23.1 Å². The number of halogens is 3. The third-order valence-electron chi connectivity index (χ3n) is 5.31. The fourth-order valence-electron chi connectivity index (χ4n) is 3.67. The van der Waals surface area contributed by atoms with Crippen molar-refractivity contribution < 1.29 is 37.2 Å². The fraction of sp³-hybridized carbons (Fsp3) is 0.429. The Balaban J connectivity index is 1.72. The van der Waals surface area contributed by atoms with E-state index in [1.54, 1.807) is 4.90 Å². The first kappa shape index (κ1) is 24.2. The second kappa shape index (κ2) is 9.61. The molecule has 1 saturated heterocycles. The number of esters is 1. The van der Waals surface area contributed by atoms with Crippen molar-refractivity contribution in [3.63, 3.8) is 0 Å². The van der Waals surface area contributed by atoms with Crippen LogP contribution in [0.1, 0.15) is 32.1 Å². The van der Waals surface area contributed by atoms with Gasteiger partial charge >= 0.3 is 12.1 Å². The van der Waals surface area contributed by atoms with E-state index < -0.39 is 36.0 Å². The van der Waals surface area contributed by atoms with Gasteiger partial charge in [-0.3, -0.25) is 14.9 Å². The summed E-state index contributed by atoms with van der Waals surface area (Å²) in [6, 6.07) is 5.18. The molecule has 0 aliphatic carbocycles. The van der Waals surface area contributed by atoms with Gasteiger partial charge in [0, 0.05) is 36.1 Å². The molecule has 2 aromatic rings. The normalized spacial score (nSPS) is 14.3. The lowest BCUT2D eigenvalue weighted by Crippen LogP contribution is -2.36. The first-order valence-electron chi connectivity index (χ1n) is 10.0. The number of carbonyl (C=O) groups excluding carboxylic acids is 2. The van der Waals surface area contributed by atoms with Gasteiger partial charge in [0.2, 0.25) is 5.78 Å². The second-order valence-corrected chi connectivity index (χ2v) is 7.55. The van der Waals surface area contributed by atoms with Gasteiger partial charge in [-0.1, -0.05) is 0 Å². The standard InChI is InChI=1S/C21H22F3N3O6/c1-13-9-16(14(2)26(13)12-21(22,23)24)19(28)11-33-20(29)15-3-4-17(18(10-15)27(30)31)25-5-7-32-8-6-25/h3-4,9-10H,5-8,11-12H2,1-2H3. The molecule has 178 valence electrons. The molecule has 1 aromatic carbocycles. The number of aromatic nitrogens is 1. The SMILES string of the molecule is Cc1cc(C(=O)COC(=O)c2ccc(N3CCOCC3)c([N+](=O)[O-])c2)c(C)n1CC(F)(F)F. The highest BCUT2D eigenvalue weighted by molar-refractivity contribution is 6.00. The monoisotopic (exact) mass is 469 g/mol. The Morgan fingerprint density at radius 3 is 2.45 bits per heavy atom. The number of carbonyl (C=O) groups is 2. The van der Waals surface area contributed by atoms with Gasteiger partial charge < -0.3 is 18.9 Å². The minimum atomic E-state index is -4.45. The Labute approximate surface area is 186 Å². The number of Topliss-reactive ketones (excluding diaryl/α,β-unsaturated/α-hetero) is 1. The summed E-state index contributed by atoms with van der Waals surface area (Å²) in [5, 5.41) is 11.5. The Hall–Kier alpha value is -3.41. The van der Waals surface area contributed by atoms with Gasteiger partial charge in [0.15, 0.2) is 6.61 Å². The van der Waals surface area contributed by atoms with E-state index >= 15 is 0 Å². The van der Waals surface area contributed by atoms with Gasteiger partial charge in [-0.05, 0) is 32.0 Å². The van der Waals surface area contributed by atoms with Crippen LogP contribution in [-0.2, 0) is 16.0 Å². The third-order valence-corrected chi connectivity index (χ3v) is 5.31. The Morgan fingerprint density at radius 1 is 1.18 bits per heavy atom. The number of nitrogens with zero attached hydrogens (tertiary/aromatic N) is 3. The van der Waals surface area contributed by atoms with Crippen molar-refractivity contribution in [2.24, 2.45) is 0 Å². The topological polar surface area (TPSA) is 104 Å². The van der Waals surface area contributed by atoms with Crippen molar-refractivity contribution in [1.82, 2.24) is 4.57 Å². The molecule has 9 nitrogen and oxygen atoms in total. The smallest absolute Gasteiger partial charge is 0.406 e. The van der Waals surface area contributed by atoms with Gasteiger partial charge in [-0.15, -0.1) is 0 Å². The van der Waals surface area contributed by atoms with Crippen LogP contribution in [0.4, 0.5) is 24.5 Å². The average molecular weight is 469 g/mol. The van der Waals surface area contributed by atoms with Crippen LogP contribution in [0.15, 0.2) is 24.3 Å². The molecule has 1 fully saturated rings. The number of alkyl halides is 3. The van der Waals surface area contributed by atoms with Crippen LogP contribution in [-0.4, -0.2) is 60.3 Å². The summed E-state index contributed by atoms with van der Waals surface area (Å²) in [7, 11) is 0. The minimum Gasteiger partial charge on any atom is -0.454 e. The fourth-order valence-corrected chi connectivity index (χ4v) is 3.67. The lowest BCUT2D eigenvalue weighted by molar-refractivity contribution is -0.384. The van der Waals surface area contributed by atoms with Crippen molar-refractivity contribution in [3.05, 3.63) is 56.9 Å². The number of nitro groups is 1. The van der Waals surface area contributed by atoms with E-state index in [-0.39, 0.29) is 28.2 Å². The number of nitro benzene ring substituents is 1. The zero-order valence-corrected chi connectivity index (χ0v) is 18.0. The number of hydrogen-bond acceptors (Lipinski definition) is 7. The molecule has 0 spiro atoms. The van der Waals surface area contributed by atoms with Crippen molar-refractivity contribution in [2.75, 3.05) is 37.8 Å². The second-order valence-electron chi connectivity index (χ2n) is 7.55. The molecular formula is C21H22F3N3O6. The highest BCUT2D eigenvalue weighted by atomic mass is 19.4. The van der Waals surface area contributed by atoms with E-state index in [0.29, 0.717) is 32.0 Å².